The normalized spacial score (nSPS) is 12.7. The fourth-order valence-corrected chi connectivity index (χ4v) is 4.32. The van der Waals surface area contributed by atoms with Gasteiger partial charge in [0.25, 0.3) is 15.9 Å². The van der Waals surface area contributed by atoms with Gasteiger partial charge in [-0.15, -0.1) is 0 Å². The number of ether oxygens (including phenoxy) is 2. The van der Waals surface area contributed by atoms with Crippen LogP contribution in [0.3, 0.4) is 0 Å². The number of hydrogen-bond donors (Lipinski definition) is 2. The van der Waals surface area contributed by atoms with E-state index >= 15 is 0 Å². The van der Waals surface area contributed by atoms with Gasteiger partial charge in [-0.1, -0.05) is 18.2 Å². The molecule has 0 saturated carbocycles. The van der Waals surface area contributed by atoms with Gasteiger partial charge in [0.05, 0.1) is 16.1 Å². The van der Waals surface area contributed by atoms with Gasteiger partial charge in [-0.3, -0.25) is 9.52 Å². The first-order chi connectivity index (χ1) is 15.8. The van der Waals surface area contributed by atoms with Gasteiger partial charge in [-0.2, -0.15) is 0 Å². The van der Waals surface area contributed by atoms with E-state index in [0.717, 1.165) is 11.4 Å². The summed E-state index contributed by atoms with van der Waals surface area (Å²) in [5, 5.41) is 2.81. The Balaban J connectivity index is 1.49. The number of carbonyl (C=O) groups is 1. The molecule has 1 aliphatic heterocycles. The van der Waals surface area contributed by atoms with Crippen molar-refractivity contribution < 1.29 is 22.7 Å². The zero-order valence-corrected chi connectivity index (χ0v) is 19.1. The standard InChI is InChI=1S/C23H24N4O5S/c1-27(2)22-10-7-16(14-24-22)15-25-23(28)18-5-3-4-6-19(18)26-33(29,30)17-8-9-20-21(13-17)32-12-11-31-20/h3-10,13-14,26H,11-12,15H2,1-2H3,(H,25,28). The summed E-state index contributed by atoms with van der Waals surface area (Å²) in [4.78, 5) is 19.0. The third-order valence-electron chi connectivity index (χ3n) is 4.96. The number of pyridine rings is 1. The molecule has 2 aromatic carbocycles. The highest BCUT2D eigenvalue weighted by Gasteiger charge is 2.21. The van der Waals surface area contributed by atoms with Crippen LogP contribution in [0.4, 0.5) is 11.5 Å². The van der Waals surface area contributed by atoms with Crippen LogP contribution in [0.25, 0.3) is 0 Å². The van der Waals surface area contributed by atoms with Crippen molar-refractivity contribution in [3.05, 3.63) is 71.9 Å². The van der Waals surface area contributed by atoms with Crippen molar-refractivity contribution in [1.29, 1.82) is 0 Å². The lowest BCUT2D eigenvalue weighted by atomic mass is 10.1. The van der Waals surface area contributed by atoms with E-state index in [1.54, 1.807) is 30.5 Å². The van der Waals surface area contributed by atoms with E-state index in [1.165, 1.54) is 18.2 Å². The second kappa shape index (κ2) is 9.37. The van der Waals surface area contributed by atoms with Gasteiger partial charge in [0.2, 0.25) is 0 Å². The number of para-hydroxylation sites is 1. The summed E-state index contributed by atoms with van der Waals surface area (Å²) >= 11 is 0. The Bertz CT molecular complexity index is 1260. The number of rotatable bonds is 7. The number of nitrogens with zero attached hydrogens (tertiary/aromatic N) is 2. The summed E-state index contributed by atoms with van der Waals surface area (Å²) in [5.41, 5.74) is 1.20. The predicted molar refractivity (Wildman–Crippen MR) is 124 cm³/mol. The monoisotopic (exact) mass is 468 g/mol. The van der Waals surface area contributed by atoms with Gasteiger partial charge in [-0.05, 0) is 35.9 Å². The van der Waals surface area contributed by atoms with E-state index in [9.17, 15) is 13.2 Å². The van der Waals surface area contributed by atoms with E-state index in [0.29, 0.717) is 24.7 Å². The Morgan fingerprint density at radius 3 is 2.52 bits per heavy atom. The molecule has 0 atom stereocenters. The average molecular weight is 469 g/mol. The number of anilines is 2. The molecule has 33 heavy (non-hydrogen) atoms. The summed E-state index contributed by atoms with van der Waals surface area (Å²) in [5.74, 6) is 1.26. The molecular weight excluding hydrogens is 444 g/mol. The van der Waals surface area contributed by atoms with Crippen molar-refractivity contribution in [3.63, 3.8) is 0 Å². The van der Waals surface area contributed by atoms with Crippen LogP contribution in [0, 0.1) is 0 Å². The first-order valence-corrected chi connectivity index (χ1v) is 11.7. The van der Waals surface area contributed by atoms with Crippen LogP contribution in [0.5, 0.6) is 11.5 Å². The van der Waals surface area contributed by atoms with Gasteiger partial charge < -0.3 is 19.7 Å². The molecule has 0 aliphatic carbocycles. The Morgan fingerprint density at radius 1 is 1.03 bits per heavy atom. The lowest BCUT2D eigenvalue weighted by Gasteiger charge is -2.19. The number of fused-ring (bicyclic) bond motifs is 1. The number of nitrogens with one attached hydrogen (secondary N) is 2. The summed E-state index contributed by atoms with van der Waals surface area (Å²) in [6, 6.07) is 14.6. The van der Waals surface area contributed by atoms with Crippen molar-refractivity contribution >= 4 is 27.4 Å². The van der Waals surface area contributed by atoms with Crippen molar-refractivity contribution in [2.45, 2.75) is 11.4 Å². The maximum atomic E-state index is 13.0. The summed E-state index contributed by atoms with van der Waals surface area (Å²) in [6.07, 6.45) is 1.69. The van der Waals surface area contributed by atoms with E-state index in [1.807, 2.05) is 31.1 Å². The largest absolute Gasteiger partial charge is 0.486 e. The molecule has 9 nitrogen and oxygen atoms in total. The van der Waals surface area contributed by atoms with Gasteiger partial charge in [0, 0.05) is 32.9 Å². The Hall–Kier alpha value is -3.79. The number of amides is 1. The second-order valence-electron chi connectivity index (χ2n) is 7.56. The van der Waals surface area contributed by atoms with Crippen molar-refractivity contribution in [2.24, 2.45) is 0 Å². The lowest BCUT2D eigenvalue weighted by molar-refractivity contribution is 0.0952. The molecule has 3 aromatic rings. The highest BCUT2D eigenvalue weighted by molar-refractivity contribution is 7.92. The molecule has 1 amide bonds. The highest BCUT2D eigenvalue weighted by atomic mass is 32.2. The van der Waals surface area contributed by atoms with Gasteiger partial charge >= 0.3 is 0 Å². The minimum Gasteiger partial charge on any atom is -0.486 e. The minimum absolute atomic E-state index is 0.00835. The van der Waals surface area contributed by atoms with Crippen LogP contribution in [-0.2, 0) is 16.6 Å². The molecular formula is C23H24N4O5S. The first kappa shape index (κ1) is 22.4. The lowest BCUT2D eigenvalue weighted by Crippen LogP contribution is -2.25. The zero-order chi connectivity index (χ0) is 23.4. The Morgan fingerprint density at radius 2 is 1.79 bits per heavy atom. The fourth-order valence-electron chi connectivity index (χ4n) is 3.23. The molecule has 2 N–H and O–H groups in total. The van der Waals surface area contributed by atoms with E-state index in [-0.39, 0.29) is 22.7 Å². The molecule has 1 aliphatic rings. The van der Waals surface area contributed by atoms with Crippen LogP contribution in [-0.4, -0.2) is 46.6 Å². The molecule has 4 rings (SSSR count). The molecule has 1 aromatic heterocycles. The van der Waals surface area contributed by atoms with Crippen molar-refractivity contribution in [3.8, 4) is 11.5 Å². The number of sulfonamides is 1. The fraction of sp³-hybridized carbons (Fsp3) is 0.217. The smallest absolute Gasteiger partial charge is 0.262 e. The van der Waals surface area contributed by atoms with Crippen LogP contribution >= 0.6 is 0 Å². The van der Waals surface area contributed by atoms with E-state index in [4.69, 9.17) is 9.47 Å². The molecule has 0 radical (unpaired) electrons. The number of aromatic nitrogens is 1. The predicted octanol–water partition coefficient (Wildman–Crippen LogP) is 2.65. The first-order valence-electron chi connectivity index (χ1n) is 10.3. The summed E-state index contributed by atoms with van der Waals surface area (Å²) < 4.78 is 39.4. The maximum Gasteiger partial charge on any atom is 0.262 e. The molecule has 10 heteroatoms. The minimum atomic E-state index is -3.96. The quantitative estimate of drug-likeness (QED) is 0.549. The number of hydrogen-bond acceptors (Lipinski definition) is 7. The van der Waals surface area contributed by atoms with Crippen molar-refractivity contribution in [2.75, 3.05) is 36.9 Å². The van der Waals surface area contributed by atoms with E-state index < -0.39 is 15.9 Å². The second-order valence-corrected chi connectivity index (χ2v) is 9.24. The SMILES string of the molecule is CN(C)c1ccc(CNC(=O)c2ccccc2NS(=O)(=O)c2ccc3c(c2)OCCO3)cn1. The van der Waals surface area contributed by atoms with E-state index in [2.05, 4.69) is 15.0 Å². The third-order valence-corrected chi connectivity index (χ3v) is 6.32. The van der Waals surface area contributed by atoms with Gasteiger partial charge in [0.1, 0.15) is 19.0 Å². The van der Waals surface area contributed by atoms with Crippen molar-refractivity contribution in [1.82, 2.24) is 10.3 Å². The summed E-state index contributed by atoms with van der Waals surface area (Å²) in [7, 11) is -0.172. The van der Waals surface area contributed by atoms with Crippen LogP contribution in [0.15, 0.2) is 65.7 Å². The molecule has 2 heterocycles. The van der Waals surface area contributed by atoms with Crippen LogP contribution in [0.1, 0.15) is 15.9 Å². The highest BCUT2D eigenvalue weighted by Crippen LogP contribution is 2.33. The third kappa shape index (κ3) is 5.17. The number of carbonyl (C=O) groups excluding carboxylic acids is 1. The molecule has 172 valence electrons. The van der Waals surface area contributed by atoms with Crippen LogP contribution in [0.2, 0.25) is 0 Å². The molecule has 0 spiro atoms. The van der Waals surface area contributed by atoms with Crippen LogP contribution < -0.4 is 24.4 Å². The van der Waals surface area contributed by atoms with Gasteiger partial charge in [0.15, 0.2) is 11.5 Å². The Kier molecular flexibility index (Phi) is 6.36. The summed E-state index contributed by atoms with van der Waals surface area (Å²) in [6.45, 7) is 1.01. The Labute approximate surface area is 192 Å². The zero-order valence-electron chi connectivity index (χ0n) is 18.2. The average Bonchev–Trinajstić information content (AvgIpc) is 2.82. The topological polar surface area (TPSA) is 110 Å². The van der Waals surface area contributed by atoms with Gasteiger partial charge in [-0.25, -0.2) is 13.4 Å². The molecule has 0 bridgehead atoms. The molecule has 0 fully saturated rings. The molecule has 0 unspecified atom stereocenters. The maximum absolute atomic E-state index is 13.0. The number of benzene rings is 2. The molecule has 0 saturated heterocycles.